The summed E-state index contributed by atoms with van der Waals surface area (Å²) in [6, 6.07) is 7.98. The van der Waals surface area contributed by atoms with E-state index in [0.29, 0.717) is 37.3 Å². The first-order valence-electron chi connectivity index (χ1n) is 9.39. The fourth-order valence-electron chi connectivity index (χ4n) is 3.41. The molecule has 2 aromatic carbocycles. The van der Waals surface area contributed by atoms with Crippen molar-refractivity contribution in [2.75, 3.05) is 22.5 Å². The lowest BCUT2D eigenvalue weighted by Gasteiger charge is -2.31. The predicted molar refractivity (Wildman–Crippen MR) is 105 cm³/mol. The number of nitrogens with two attached hydrogens (primary N) is 1. The minimum Gasteiger partial charge on any atom is -0.395 e. The average molecular weight is 373 g/mol. The zero-order valence-electron chi connectivity index (χ0n) is 15.5. The van der Waals surface area contributed by atoms with E-state index in [2.05, 4.69) is 12.2 Å². The Morgan fingerprint density at radius 2 is 2.00 bits per heavy atom. The molecule has 0 aromatic heterocycles. The summed E-state index contributed by atoms with van der Waals surface area (Å²) >= 11 is 0. The molecule has 2 aromatic rings. The molecule has 0 fully saturated rings. The number of amides is 1. The van der Waals surface area contributed by atoms with Crippen LogP contribution in [0.15, 0.2) is 30.3 Å². The first-order valence-corrected chi connectivity index (χ1v) is 9.39. The molecule has 0 atom stereocenters. The third kappa shape index (κ3) is 4.38. The van der Waals surface area contributed by atoms with E-state index in [1.54, 1.807) is 18.2 Å². The van der Waals surface area contributed by atoms with E-state index in [-0.39, 0.29) is 17.4 Å². The van der Waals surface area contributed by atoms with Gasteiger partial charge in [-0.2, -0.15) is 0 Å². The van der Waals surface area contributed by atoms with Crippen LogP contribution < -0.4 is 16.0 Å². The van der Waals surface area contributed by atoms with Crippen molar-refractivity contribution >= 4 is 23.0 Å². The Balaban J connectivity index is 1.73. The van der Waals surface area contributed by atoms with E-state index in [9.17, 15) is 13.6 Å². The van der Waals surface area contributed by atoms with Gasteiger partial charge in [-0.15, -0.1) is 0 Å². The molecule has 0 bridgehead atoms. The third-order valence-electron chi connectivity index (χ3n) is 4.96. The van der Waals surface area contributed by atoms with Gasteiger partial charge in [-0.25, -0.2) is 8.78 Å². The van der Waals surface area contributed by atoms with Gasteiger partial charge in [-0.05, 0) is 48.2 Å². The first kappa shape index (κ1) is 19.1. The Hall–Kier alpha value is -2.63. The molecular formula is C21H25F2N3O. The van der Waals surface area contributed by atoms with Crippen molar-refractivity contribution in [3.63, 3.8) is 0 Å². The van der Waals surface area contributed by atoms with Gasteiger partial charge in [0.15, 0.2) is 5.82 Å². The van der Waals surface area contributed by atoms with Crippen molar-refractivity contribution in [1.29, 1.82) is 0 Å². The van der Waals surface area contributed by atoms with Gasteiger partial charge in [-0.1, -0.05) is 25.8 Å². The lowest BCUT2D eigenvalue weighted by atomic mass is 9.99. The summed E-state index contributed by atoms with van der Waals surface area (Å²) in [4.78, 5) is 13.9. The first-order chi connectivity index (χ1) is 13.0. The number of fused-ring (bicyclic) bond motifs is 1. The lowest BCUT2D eigenvalue weighted by molar-refractivity contribution is -0.116. The molecule has 1 aliphatic heterocycles. The number of unbranched alkanes of at least 4 members (excludes halogenated alkanes) is 2. The second kappa shape index (κ2) is 8.37. The van der Waals surface area contributed by atoms with E-state index in [1.807, 2.05) is 4.90 Å². The zero-order chi connectivity index (χ0) is 19.4. The van der Waals surface area contributed by atoms with Crippen LogP contribution in [0.5, 0.6) is 0 Å². The summed E-state index contributed by atoms with van der Waals surface area (Å²) < 4.78 is 28.2. The van der Waals surface area contributed by atoms with Crippen LogP contribution >= 0.6 is 0 Å². The Kier molecular flexibility index (Phi) is 5.94. The van der Waals surface area contributed by atoms with Crippen molar-refractivity contribution in [1.82, 2.24) is 0 Å². The summed E-state index contributed by atoms with van der Waals surface area (Å²) in [5, 5.41) is 2.70. The van der Waals surface area contributed by atoms with Gasteiger partial charge in [0.05, 0.1) is 17.1 Å². The normalized spacial score (nSPS) is 13.4. The minimum atomic E-state index is -0.535. The molecule has 0 saturated carbocycles. The second-order valence-corrected chi connectivity index (χ2v) is 6.95. The van der Waals surface area contributed by atoms with Crippen LogP contribution in [0.1, 0.15) is 43.7 Å². The molecule has 0 unspecified atom stereocenters. The molecule has 4 nitrogen and oxygen atoms in total. The second-order valence-electron chi connectivity index (χ2n) is 6.95. The number of halogens is 2. The third-order valence-corrected chi connectivity index (χ3v) is 4.96. The quantitative estimate of drug-likeness (QED) is 0.573. The Morgan fingerprint density at radius 3 is 2.78 bits per heavy atom. The van der Waals surface area contributed by atoms with E-state index in [1.165, 1.54) is 12.1 Å². The van der Waals surface area contributed by atoms with Crippen molar-refractivity contribution in [3.8, 4) is 0 Å². The molecule has 1 aliphatic rings. The molecule has 3 N–H and O–H groups in total. The van der Waals surface area contributed by atoms with Crippen molar-refractivity contribution < 1.29 is 13.6 Å². The molecule has 0 saturated heterocycles. The van der Waals surface area contributed by atoms with Crippen LogP contribution in [0.25, 0.3) is 0 Å². The largest absolute Gasteiger partial charge is 0.395 e. The number of hydrogen-bond donors (Lipinski definition) is 2. The molecule has 0 spiro atoms. The number of nitrogens with zero attached hydrogens (tertiary/aromatic N) is 1. The lowest BCUT2D eigenvalue weighted by Crippen LogP contribution is -2.31. The number of benzene rings is 2. The molecular weight excluding hydrogens is 348 g/mol. The van der Waals surface area contributed by atoms with E-state index in [4.69, 9.17) is 5.73 Å². The molecule has 27 heavy (non-hydrogen) atoms. The summed E-state index contributed by atoms with van der Waals surface area (Å²) in [7, 11) is 0. The Morgan fingerprint density at radius 1 is 1.19 bits per heavy atom. The van der Waals surface area contributed by atoms with Gasteiger partial charge in [0, 0.05) is 19.5 Å². The van der Waals surface area contributed by atoms with Crippen LogP contribution in [-0.2, 0) is 17.8 Å². The molecule has 3 rings (SSSR count). The van der Waals surface area contributed by atoms with Crippen LogP contribution in [0.4, 0.5) is 25.8 Å². The van der Waals surface area contributed by atoms with E-state index >= 15 is 0 Å². The van der Waals surface area contributed by atoms with Gasteiger partial charge in [0.1, 0.15) is 5.82 Å². The maximum Gasteiger partial charge on any atom is 0.224 e. The summed E-state index contributed by atoms with van der Waals surface area (Å²) in [5.74, 6) is -0.945. The van der Waals surface area contributed by atoms with Gasteiger partial charge in [-0.3, -0.25) is 4.79 Å². The number of carbonyl (C=O) groups is 1. The maximum atomic E-state index is 14.9. The standard InChI is InChI=1S/C21H25F2N3O/c1-2-3-4-5-19(27)25-17-8-9-18(20(23)21(17)24)26-11-10-14-12-16(22)7-6-15(14)13-26/h6-9,12H,2-5,10-11,13,24H2,1H3,(H,25,27). The van der Waals surface area contributed by atoms with Gasteiger partial charge in [0.25, 0.3) is 0 Å². The maximum absolute atomic E-state index is 14.9. The molecule has 1 heterocycles. The number of nitrogen functional groups attached to an aromatic ring is 1. The number of hydrogen-bond acceptors (Lipinski definition) is 3. The van der Waals surface area contributed by atoms with E-state index in [0.717, 1.165) is 30.4 Å². The van der Waals surface area contributed by atoms with Gasteiger partial charge < -0.3 is 16.0 Å². The topological polar surface area (TPSA) is 58.4 Å². The molecule has 1 amide bonds. The van der Waals surface area contributed by atoms with Crippen LogP contribution in [0.2, 0.25) is 0 Å². The fourth-order valence-corrected chi connectivity index (χ4v) is 3.41. The average Bonchev–Trinajstić information content (AvgIpc) is 2.65. The summed E-state index contributed by atoms with van der Waals surface area (Å²) in [6.07, 6.45) is 3.86. The fraction of sp³-hybridized carbons (Fsp3) is 0.381. The summed E-state index contributed by atoms with van der Waals surface area (Å²) in [5.41, 5.74) is 8.52. The highest BCUT2D eigenvalue weighted by Crippen LogP contribution is 2.33. The Bertz CT molecular complexity index is 838. The molecule has 6 heteroatoms. The van der Waals surface area contributed by atoms with E-state index < -0.39 is 5.82 Å². The van der Waals surface area contributed by atoms with Crippen LogP contribution in [-0.4, -0.2) is 12.5 Å². The number of nitrogens with one attached hydrogen (secondary N) is 1. The number of anilines is 3. The number of rotatable bonds is 6. The molecule has 0 radical (unpaired) electrons. The van der Waals surface area contributed by atoms with Gasteiger partial charge in [0.2, 0.25) is 5.91 Å². The SMILES string of the molecule is CCCCCC(=O)Nc1ccc(N2CCc3cc(F)ccc3C2)c(F)c1N. The predicted octanol–water partition coefficient (Wildman–Crippen LogP) is 4.63. The molecule has 144 valence electrons. The summed E-state index contributed by atoms with van der Waals surface area (Å²) in [6.45, 7) is 3.14. The minimum absolute atomic E-state index is 0.0544. The highest BCUT2D eigenvalue weighted by Gasteiger charge is 2.22. The van der Waals surface area contributed by atoms with Crippen molar-refractivity contribution in [3.05, 3.63) is 53.1 Å². The van der Waals surface area contributed by atoms with Crippen LogP contribution in [0.3, 0.4) is 0 Å². The van der Waals surface area contributed by atoms with Crippen LogP contribution in [0, 0.1) is 11.6 Å². The highest BCUT2D eigenvalue weighted by molar-refractivity contribution is 5.94. The Labute approximate surface area is 158 Å². The smallest absolute Gasteiger partial charge is 0.224 e. The molecule has 0 aliphatic carbocycles. The number of carbonyl (C=O) groups excluding carboxylic acids is 1. The zero-order valence-corrected chi connectivity index (χ0v) is 15.5. The monoisotopic (exact) mass is 373 g/mol. The van der Waals surface area contributed by atoms with Crippen molar-refractivity contribution in [2.45, 2.75) is 45.6 Å². The highest BCUT2D eigenvalue weighted by atomic mass is 19.1. The van der Waals surface area contributed by atoms with Crippen molar-refractivity contribution in [2.24, 2.45) is 0 Å². The van der Waals surface area contributed by atoms with Gasteiger partial charge >= 0.3 is 0 Å².